The molecule has 7 heteroatoms. The van der Waals surface area contributed by atoms with Gasteiger partial charge in [0.1, 0.15) is 17.2 Å². The Morgan fingerprint density at radius 3 is 2.51 bits per heavy atom. The molecule has 1 heterocycles. The average molecular weight is 519 g/mol. The van der Waals surface area contributed by atoms with Crippen LogP contribution in [-0.2, 0) is 4.79 Å². The molecule has 1 N–H and O–H groups in total. The summed E-state index contributed by atoms with van der Waals surface area (Å²) in [5, 5.41) is 11.0. The van der Waals surface area contributed by atoms with Crippen LogP contribution in [0.5, 0.6) is 11.5 Å². The highest BCUT2D eigenvalue weighted by molar-refractivity contribution is 5.91. The minimum absolute atomic E-state index is 0.353. The fraction of sp³-hybridized carbons (Fsp3) is 0.156. The topological polar surface area (TPSA) is 77.7 Å². The molecule has 39 heavy (non-hydrogen) atoms. The zero-order chi connectivity index (χ0) is 27.0. The molecule has 7 nitrogen and oxygen atoms in total. The molecular weight excluding hydrogens is 488 g/mol. The number of hydrazone groups is 1. The molecule has 1 atom stereocenters. The van der Waals surface area contributed by atoms with Crippen LogP contribution in [0.3, 0.4) is 0 Å². The maximum atomic E-state index is 12.8. The van der Waals surface area contributed by atoms with E-state index in [0.717, 1.165) is 45.5 Å². The molecule has 4 aromatic carbocycles. The predicted molar refractivity (Wildman–Crippen MR) is 155 cm³/mol. The van der Waals surface area contributed by atoms with Gasteiger partial charge >= 0.3 is 0 Å². The maximum Gasteiger partial charge on any atom is 0.280 e. The van der Waals surface area contributed by atoms with Crippen LogP contribution in [0.15, 0.2) is 108 Å². The number of nitrogens with one attached hydrogen (secondary N) is 1. The molecule has 0 saturated carbocycles. The van der Waals surface area contributed by atoms with Crippen LogP contribution in [0.2, 0.25) is 0 Å². The number of nitrogens with zero attached hydrogens (tertiary/aromatic N) is 3. The van der Waals surface area contributed by atoms with Crippen molar-refractivity contribution >= 4 is 22.9 Å². The van der Waals surface area contributed by atoms with Gasteiger partial charge in [-0.3, -0.25) is 4.79 Å². The Hall–Kier alpha value is -4.91. The first-order valence-electron chi connectivity index (χ1n) is 13.0. The van der Waals surface area contributed by atoms with E-state index in [2.05, 4.69) is 17.5 Å². The fourth-order valence-corrected chi connectivity index (χ4v) is 4.15. The summed E-state index contributed by atoms with van der Waals surface area (Å²) in [5.74, 6) is 1.11. The highest BCUT2D eigenvalue weighted by Gasteiger charge is 2.16. The lowest BCUT2D eigenvalue weighted by Crippen LogP contribution is -2.33. The molecule has 1 aromatic heterocycles. The van der Waals surface area contributed by atoms with Gasteiger partial charge in [0, 0.05) is 22.7 Å². The van der Waals surface area contributed by atoms with Gasteiger partial charge in [0.2, 0.25) is 0 Å². The van der Waals surface area contributed by atoms with Gasteiger partial charge in [0.25, 0.3) is 5.91 Å². The number of hydrogen-bond donors (Lipinski definition) is 1. The summed E-state index contributed by atoms with van der Waals surface area (Å²) in [6.45, 7) is 4.45. The van der Waals surface area contributed by atoms with Crippen molar-refractivity contribution in [1.82, 2.24) is 15.2 Å². The van der Waals surface area contributed by atoms with E-state index in [9.17, 15) is 4.79 Å². The zero-order valence-corrected chi connectivity index (χ0v) is 22.0. The summed E-state index contributed by atoms with van der Waals surface area (Å²) < 4.78 is 13.5. The molecule has 5 rings (SSSR count). The number of carbonyl (C=O) groups excluding carboxylic acids is 1. The lowest BCUT2D eigenvalue weighted by Gasteiger charge is -2.14. The Balaban J connectivity index is 1.34. The molecule has 0 aliphatic heterocycles. The van der Waals surface area contributed by atoms with Crippen molar-refractivity contribution in [1.29, 1.82) is 0 Å². The third kappa shape index (κ3) is 6.15. The van der Waals surface area contributed by atoms with Gasteiger partial charge in [0.15, 0.2) is 6.10 Å². The number of para-hydroxylation sites is 1. The number of ether oxygens (including phenoxy) is 2. The molecule has 0 spiro atoms. The Labute approximate surface area is 227 Å². The average Bonchev–Trinajstić information content (AvgIpc) is 3.41. The summed E-state index contributed by atoms with van der Waals surface area (Å²) in [5.41, 5.74) is 5.93. The van der Waals surface area contributed by atoms with Crippen molar-refractivity contribution < 1.29 is 14.3 Å². The zero-order valence-electron chi connectivity index (χ0n) is 22.0. The van der Waals surface area contributed by atoms with E-state index in [-0.39, 0.29) is 5.91 Å². The third-order valence-electron chi connectivity index (χ3n) is 6.16. The van der Waals surface area contributed by atoms with Crippen molar-refractivity contribution in [3.05, 3.63) is 109 Å². The van der Waals surface area contributed by atoms with Gasteiger partial charge in [-0.1, -0.05) is 61.5 Å². The summed E-state index contributed by atoms with van der Waals surface area (Å²) in [6.07, 6.45) is 3.69. The first-order chi connectivity index (χ1) is 19.1. The number of carbonyl (C=O) groups is 1. The van der Waals surface area contributed by atoms with Crippen LogP contribution < -0.4 is 14.9 Å². The normalized spacial score (nSPS) is 11.9. The van der Waals surface area contributed by atoms with Crippen molar-refractivity contribution in [2.24, 2.45) is 5.10 Å². The number of benzene rings is 4. The fourth-order valence-electron chi connectivity index (χ4n) is 4.15. The largest absolute Gasteiger partial charge is 0.494 e. The molecule has 196 valence electrons. The summed E-state index contributed by atoms with van der Waals surface area (Å²) in [6, 6.07) is 31.3. The van der Waals surface area contributed by atoms with Gasteiger partial charge in [-0.05, 0) is 61.2 Å². The summed E-state index contributed by atoms with van der Waals surface area (Å²) >= 11 is 0. The van der Waals surface area contributed by atoms with Crippen molar-refractivity contribution in [3.8, 4) is 28.4 Å². The number of hydrogen-bond acceptors (Lipinski definition) is 5. The second-order valence-electron chi connectivity index (χ2n) is 9.06. The van der Waals surface area contributed by atoms with E-state index in [1.807, 2.05) is 103 Å². The van der Waals surface area contributed by atoms with Crippen LogP contribution in [0.25, 0.3) is 27.7 Å². The Morgan fingerprint density at radius 1 is 0.974 bits per heavy atom. The number of amides is 1. The molecule has 0 radical (unpaired) electrons. The van der Waals surface area contributed by atoms with Crippen LogP contribution >= 0.6 is 0 Å². The highest BCUT2D eigenvalue weighted by atomic mass is 16.5. The molecule has 1 unspecified atom stereocenters. The van der Waals surface area contributed by atoms with Crippen molar-refractivity contribution in [2.45, 2.75) is 26.4 Å². The molecule has 0 saturated heterocycles. The Morgan fingerprint density at radius 2 is 1.72 bits per heavy atom. The maximum absolute atomic E-state index is 12.8. The third-order valence-corrected chi connectivity index (χ3v) is 6.16. The van der Waals surface area contributed by atoms with Gasteiger partial charge in [-0.15, -0.1) is 0 Å². The second-order valence-corrected chi connectivity index (χ2v) is 9.06. The minimum atomic E-state index is -0.741. The minimum Gasteiger partial charge on any atom is -0.494 e. The van der Waals surface area contributed by atoms with Crippen LogP contribution in [0, 0.1) is 0 Å². The number of rotatable bonds is 10. The van der Waals surface area contributed by atoms with E-state index in [1.54, 1.807) is 17.8 Å². The molecule has 0 aliphatic carbocycles. The predicted octanol–water partition coefficient (Wildman–Crippen LogP) is 6.40. The van der Waals surface area contributed by atoms with Crippen molar-refractivity contribution in [2.75, 3.05) is 6.61 Å². The molecule has 0 fully saturated rings. The van der Waals surface area contributed by atoms with Crippen LogP contribution in [0.1, 0.15) is 25.8 Å². The van der Waals surface area contributed by atoms with Gasteiger partial charge < -0.3 is 9.47 Å². The van der Waals surface area contributed by atoms with Crippen LogP contribution in [-0.4, -0.2) is 34.6 Å². The monoisotopic (exact) mass is 518 g/mol. The molecule has 0 aliphatic rings. The molecule has 0 bridgehead atoms. The first-order valence-corrected chi connectivity index (χ1v) is 13.0. The van der Waals surface area contributed by atoms with E-state index in [4.69, 9.17) is 14.6 Å². The summed E-state index contributed by atoms with van der Waals surface area (Å²) in [4.78, 5) is 12.8. The smallest absolute Gasteiger partial charge is 0.280 e. The lowest BCUT2D eigenvalue weighted by molar-refractivity contribution is -0.127. The number of fused-ring (bicyclic) bond motifs is 1. The highest BCUT2D eigenvalue weighted by Crippen LogP contribution is 2.27. The molecule has 5 aromatic rings. The SMILES string of the molecule is CCCOc1ccc(-c2nn(-c3ccccc3)cc2/C=N/NC(=O)C(C)Oc2cccc3ccccc23)cc1. The Bertz CT molecular complexity index is 1570. The van der Waals surface area contributed by atoms with E-state index >= 15 is 0 Å². The van der Waals surface area contributed by atoms with Crippen molar-refractivity contribution in [3.63, 3.8) is 0 Å². The second kappa shape index (κ2) is 12.1. The van der Waals surface area contributed by atoms with E-state index < -0.39 is 6.10 Å². The van der Waals surface area contributed by atoms with Gasteiger partial charge in [0.05, 0.1) is 18.5 Å². The lowest BCUT2D eigenvalue weighted by atomic mass is 10.1. The van der Waals surface area contributed by atoms with E-state index in [0.29, 0.717) is 12.4 Å². The summed E-state index contributed by atoms with van der Waals surface area (Å²) in [7, 11) is 0. The first kappa shape index (κ1) is 25.7. The quantitative estimate of drug-likeness (QED) is 0.171. The molecule has 1 amide bonds. The van der Waals surface area contributed by atoms with Gasteiger partial charge in [-0.2, -0.15) is 10.2 Å². The van der Waals surface area contributed by atoms with E-state index in [1.165, 1.54) is 0 Å². The Kier molecular flexibility index (Phi) is 7.98. The van der Waals surface area contributed by atoms with Gasteiger partial charge in [-0.25, -0.2) is 10.1 Å². The molecular formula is C32H30N4O3. The number of aromatic nitrogens is 2. The van der Waals surface area contributed by atoms with Crippen LogP contribution in [0.4, 0.5) is 0 Å². The standard InChI is InChI=1S/C32H30N4O3/c1-3-20-38-28-18-16-25(17-19-28)31-26(22-36(35-31)27-12-5-4-6-13-27)21-33-34-32(37)23(2)39-30-15-9-11-24-10-7-8-14-29(24)30/h4-19,21-23H,3,20H2,1-2H3,(H,34,37)/b33-21+.